The summed E-state index contributed by atoms with van der Waals surface area (Å²) in [5, 5.41) is 10.3. The number of nitrogens with zero attached hydrogens (tertiary/aromatic N) is 2. The van der Waals surface area contributed by atoms with E-state index in [0.29, 0.717) is 5.56 Å². The number of benzene rings is 1. The maximum Gasteiger partial charge on any atom is 0.255 e. The van der Waals surface area contributed by atoms with Gasteiger partial charge in [-0.25, -0.2) is 0 Å². The smallest absolute Gasteiger partial charge is 0.255 e. The predicted molar refractivity (Wildman–Crippen MR) is 84.5 cm³/mol. The zero-order chi connectivity index (χ0) is 15.8. The first-order valence-electron chi connectivity index (χ1n) is 7.04. The van der Waals surface area contributed by atoms with Crippen LogP contribution in [-0.2, 0) is 0 Å². The second kappa shape index (κ2) is 5.45. The zero-order valence-electron chi connectivity index (χ0n) is 13.3. The lowest BCUT2D eigenvalue weighted by Crippen LogP contribution is -2.47. The molecule has 0 aliphatic carbocycles. The minimum Gasteiger partial charge on any atom is -0.394 e. The van der Waals surface area contributed by atoms with Crippen LogP contribution in [0.25, 0.3) is 10.9 Å². The Morgan fingerprint density at radius 2 is 1.90 bits per heavy atom. The van der Waals surface area contributed by atoms with Gasteiger partial charge in [0.25, 0.3) is 5.91 Å². The summed E-state index contributed by atoms with van der Waals surface area (Å²) >= 11 is 0. The van der Waals surface area contributed by atoms with E-state index in [1.807, 2.05) is 52.0 Å². The van der Waals surface area contributed by atoms with E-state index in [1.54, 1.807) is 11.9 Å². The second-order valence-corrected chi connectivity index (χ2v) is 6.05. The average molecular weight is 286 g/mol. The van der Waals surface area contributed by atoms with Crippen LogP contribution in [0.3, 0.4) is 0 Å². The molecule has 0 unspecified atom stereocenters. The van der Waals surface area contributed by atoms with Crippen molar-refractivity contribution in [1.29, 1.82) is 0 Å². The van der Waals surface area contributed by atoms with Crippen LogP contribution >= 0.6 is 0 Å². The Bertz CT molecular complexity index is 692. The molecule has 0 saturated heterocycles. The molecule has 0 spiro atoms. The molecule has 0 atom stereocenters. The van der Waals surface area contributed by atoms with Crippen molar-refractivity contribution < 1.29 is 9.90 Å². The molecule has 0 bridgehead atoms. The second-order valence-electron chi connectivity index (χ2n) is 6.05. The van der Waals surface area contributed by atoms with Crippen molar-refractivity contribution in [3.63, 3.8) is 0 Å². The SMILES string of the molecule is Cc1nc2ccccc2c(C(=O)N(C)C(C)(C)CO)c1C. The Hall–Kier alpha value is -1.94. The number of hydrogen-bond donors (Lipinski definition) is 1. The molecule has 0 aliphatic heterocycles. The molecule has 0 saturated carbocycles. The van der Waals surface area contributed by atoms with Crippen molar-refractivity contribution in [3.8, 4) is 0 Å². The van der Waals surface area contributed by atoms with Gasteiger partial charge < -0.3 is 10.0 Å². The van der Waals surface area contributed by atoms with Crippen LogP contribution in [0.1, 0.15) is 35.5 Å². The van der Waals surface area contributed by atoms with Crippen molar-refractivity contribution in [2.75, 3.05) is 13.7 Å². The number of carbonyl (C=O) groups is 1. The van der Waals surface area contributed by atoms with Crippen LogP contribution in [0.5, 0.6) is 0 Å². The van der Waals surface area contributed by atoms with Gasteiger partial charge in [0.15, 0.2) is 0 Å². The summed E-state index contributed by atoms with van der Waals surface area (Å²) in [5.41, 5.74) is 2.62. The maximum absolute atomic E-state index is 12.9. The summed E-state index contributed by atoms with van der Waals surface area (Å²) in [6.07, 6.45) is 0. The molecule has 0 radical (unpaired) electrons. The van der Waals surface area contributed by atoms with E-state index in [-0.39, 0.29) is 12.5 Å². The van der Waals surface area contributed by atoms with Gasteiger partial charge in [-0.1, -0.05) is 18.2 Å². The maximum atomic E-state index is 12.9. The van der Waals surface area contributed by atoms with Crippen LogP contribution in [0.4, 0.5) is 0 Å². The van der Waals surface area contributed by atoms with Gasteiger partial charge in [0, 0.05) is 18.1 Å². The molecule has 2 aromatic rings. The van der Waals surface area contributed by atoms with Gasteiger partial charge in [-0.3, -0.25) is 9.78 Å². The van der Waals surface area contributed by atoms with E-state index >= 15 is 0 Å². The topological polar surface area (TPSA) is 53.4 Å². The summed E-state index contributed by atoms with van der Waals surface area (Å²) < 4.78 is 0. The molecular weight excluding hydrogens is 264 g/mol. The number of aryl methyl sites for hydroxylation is 1. The molecule has 1 aromatic heterocycles. The first kappa shape index (κ1) is 15.4. The van der Waals surface area contributed by atoms with Crippen LogP contribution in [0.2, 0.25) is 0 Å². The molecule has 112 valence electrons. The van der Waals surface area contributed by atoms with Gasteiger partial charge >= 0.3 is 0 Å². The predicted octanol–water partition coefficient (Wildman–Crippen LogP) is 2.69. The van der Waals surface area contributed by atoms with Gasteiger partial charge in [0.1, 0.15) is 0 Å². The molecule has 0 fully saturated rings. The number of likely N-dealkylation sites (N-methyl/N-ethyl adjacent to an activating group) is 1. The average Bonchev–Trinajstić information content (AvgIpc) is 2.47. The van der Waals surface area contributed by atoms with Crippen LogP contribution < -0.4 is 0 Å². The molecular formula is C17H22N2O2. The number of aliphatic hydroxyl groups excluding tert-OH is 1. The van der Waals surface area contributed by atoms with Crippen molar-refractivity contribution in [1.82, 2.24) is 9.88 Å². The lowest BCUT2D eigenvalue weighted by molar-refractivity contribution is 0.0474. The van der Waals surface area contributed by atoms with E-state index in [9.17, 15) is 9.90 Å². The van der Waals surface area contributed by atoms with Gasteiger partial charge in [-0.2, -0.15) is 0 Å². The highest BCUT2D eigenvalue weighted by Crippen LogP contribution is 2.26. The van der Waals surface area contributed by atoms with Crippen molar-refractivity contribution in [3.05, 3.63) is 41.1 Å². The van der Waals surface area contributed by atoms with Crippen molar-refractivity contribution in [2.45, 2.75) is 33.2 Å². The molecule has 21 heavy (non-hydrogen) atoms. The number of rotatable bonds is 3. The quantitative estimate of drug-likeness (QED) is 0.944. The Balaban J connectivity index is 2.66. The number of fused-ring (bicyclic) bond motifs is 1. The lowest BCUT2D eigenvalue weighted by atomic mass is 9.97. The van der Waals surface area contributed by atoms with Crippen LogP contribution in [-0.4, -0.2) is 40.1 Å². The van der Waals surface area contributed by atoms with Gasteiger partial charge in [-0.05, 0) is 39.3 Å². The number of amides is 1. The molecule has 4 nitrogen and oxygen atoms in total. The van der Waals surface area contributed by atoms with Gasteiger partial charge in [0.2, 0.25) is 0 Å². The van der Waals surface area contributed by atoms with Crippen molar-refractivity contribution >= 4 is 16.8 Å². The van der Waals surface area contributed by atoms with Gasteiger partial charge in [-0.15, -0.1) is 0 Å². The molecule has 1 amide bonds. The minimum absolute atomic E-state index is 0.0870. The number of para-hydroxylation sites is 1. The summed E-state index contributed by atoms with van der Waals surface area (Å²) in [6.45, 7) is 7.43. The summed E-state index contributed by atoms with van der Waals surface area (Å²) in [4.78, 5) is 19.1. The first-order valence-corrected chi connectivity index (χ1v) is 7.04. The number of hydrogen-bond acceptors (Lipinski definition) is 3. The van der Waals surface area contributed by atoms with Crippen LogP contribution in [0, 0.1) is 13.8 Å². The number of carbonyl (C=O) groups excluding carboxylic acids is 1. The fourth-order valence-corrected chi connectivity index (χ4v) is 2.25. The third-order valence-corrected chi connectivity index (χ3v) is 4.19. The minimum atomic E-state index is -0.609. The van der Waals surface area contributed by atoms with E-state index in [4.69, 9.17) is 0 Å². The molecule has 1 N–H and O–H groups in total. The van der Waals surface area contributed by atoms with E-state index < -0.39 is 5.54 Å². The monoisotopic (exact) mass is 286 g/mol. The summed E-state index contributed by atoms with van der Waals surface area (Å²) in [7, 11) is 1.72. The highest BCUT2D eigenvalue weighted by atomic mass is 16.3. The first-order chi connectivity index (χ1) is 9.79. The molecule has 4 heteroatoms. The Morgan fingerprint density at radius 1 is 1.29 bits per heavy atom. The van der Waals surface area contributed by atoms with Crippen molar-refractivity contribution in [2.24, 2.45) is 0 Å². The highest BCUT2D eigenvalue weighted by Gasteiger charge is 2.29. The third kappa shape index (κ3) is 2.63. The highest BCUT2D eigenvalue weighted by molar-refractivity contribution is 6.07. The van der Waals surface area contributed by atoms with Gasteiger partial charge in [0.05, 0.1) is 23.2 Å². The summed E-state index contributed by atoms with van der Waals surface area (Å²) in [5.74, 6) is -0.0896. The van der Waals surface area contributed by atoms with Crippen LogP contribution in [0.15, 0.2) is 24.3 Å². The number of aliphatic hydroxyl groups is 1. The van der Waals surface area contributed by atoms with E-state index in [1.165, 1.54) is 0 Å². The standard InChI is InChI=1S/C17H22N2O2/c1-11-12(2)18-14-9-7-6-8-13(14)15(11)16(21)19(5)17(3,4)10-20/h6-9,20H,10H2,1-5H3. The molecule has 1 aromatic carbocycles. The largest absolute Gasteiger partial charge is 0.394 e. The fraction of sp³-hybridized carbons (Fsp3) is 0.412. The number of aromatic nitrogens is 1. The summed E-state index contributed by atoms with van der Waals surface area (Å²) in [6, 6.07) is 7.66. The molecule has 0 aliphatic rings. The molecule has 2 rings (SSSR count). The fourth-order valence-electron chi connectivity index (χ4n) is 2.25. The lowest BCUT2D eigenvalue weighted by Gasteiger charge is -2.34. The Morgan fingerprint density at radius 3 is 2.52 bits per heavy atom. The normalized spacial score (nSPS) is 11.7. The Labute approximate surface area is 125 Å². The molecule has 1 heterocycles. The van der Waals surface area contributed by atoms with E-state index in [0.717, 1.165) is 22.2 Å². The zero-order valence-corrected chi connectivity index (χ0v) is 13.3. The third-order valence-electron chi connectivity index (χ3n) is 4.19. The van der Waals surface area contributed by atoms with E-state index in [2.05, 4.69) is 4.98 Å². The Kier molecular flexibility index (Phi) is 4.01. The number of pyridine rings is 1.